The van der Waals surface area contributed by atoms with Crippen molar-refractivity contribution in [3.05, 3.63) is 47.4 Å². The summed E-state index contributed by atoms with van der Waals surface area (Å²) in [5, 5.41) is 3.11. The SMILES string of the molecule is C[Si](C)(C)/C=C(\C(N)=O)[Si](C)(C)c1cccc2cccnc12. The second-order valence-electron chi connectivity index (χ2n) is 7.29. The monoisotopic (exact) mass is 328 g/mol. The van der Waals surface area contributed by atoms with Crippen LogP contribution in [-0.2, 0) is 4.79 Å². The van der Waals surface area contributed by atoms with Crippen molar-refractivity contribution in [2.75, 3.05) is 0 Å². The molecule has 116 valence electrons. The normalized spacial score (nSPS) is 13.4. The molecule has 22 heavy (non-hydrogen) atoms. The van der Waals surface area contributed by atoms with Crippen molar-refractivity contribution < 1.29 is 4.79 Å². The Morgan fingerprint density at radius 2 is 1.73 bits per heavy atom. The minimum atomic E-state index is -2.19. The summed E-state index contributed by atoms with van der Waals surface area (Å²) in [6, 6.07) is 10.2. The fourth-order valence-corrected chi connectivity index (χ4v) is 8.72. The molecule has 0 spiro atoms. The molecule has 2 N–H and O–H groups in total. The van der Waals surface area contributed by atoms with Gasteiger partial charge in [0.05, 0.1) is 13.6 Å². The minimum absolute atomic E-state index is 0.285. The summed E-state index contributed by atoms with van der Waals surface area (Å²) in [4.78, 5) is 16.7. The number of fused-ring (bicyclic) bond motifs is 1. The lowest BCUT2D eigenvalue weighted by Crippen LogP contribution is -2.49. The molecule has 0 fully saturated rings. The molecule has 0 aliphatic rings. The first-order chi connectivity index (χ1) is 10.1. The Hall–Kier alpha value is -1.73. The fraction of sp³-hybridized carbons (Fsp3) is 0.294. The quantitative estimate of drug-likeness (QED) is 0.693. The Kier molecular flexibility index (Phi) is 4.40. The number of carbonyl (C=O) groups is 1. The molecule has 1 aromatic carbocycles. The van der Waals surface area contributed by atoms with Gasteiger partial charge in [0.1, 0.15) is 8.07 Å². The van der Waals surface area contributed by atoms with Gasteiger partial charge < -0.3 is 5.73 Å². The highest BCUT2D eigenvalue weighted by atomic mass is 28.3. The van der Waals surface area contributed by atoms with E-state index in [1.807, 2.05) is 18.3 Å². The summed E-state index contributed by atoms with van der Waals surface area (Å²) >= 11 is 0. The largest absolute Gasteiger partial charge is 0.366 e. The number of pyridine rings is 1. The van der Waals surface area contributed by atoms with Crippen molar-refractivity contribution in [1.82, 2.24) is 4.98 Å². The van der Waals surface area contributed by atoms with Gasteiger partial charge in [0.2, 0.25) is 5.91 Å². The van der Waals surface area contributed by atoms with Gasteiger partial charge in [0, 0.05) is 16.8 Å². The summed E-state index contributed by atoms with van der Waals surface area (Å²) in [5.74, 6) is -0.285. The van der Waals surface area contributed by atoms with Crippen LogP contribution in [0.15, 0.2) is 47.4 Å². The summed E-state index contributed by atoms with van der Waals surface area (Å²) < 4.78 is 0. The van der Waals surface area contributed by atoms with Crippen molar-refractivity contribution in [2.45, 2.75) is 32.7 Å². The first-order valence-corrected chi connectivity index (χ1v) is 14.1. The number of para-hydroxylation sites is 1. The topological polar surface area (TPSA) is 56.0 Å². The number of nitrogens with zero attached hydrogens (tertiary/aromatic N) is 1. The summed E-state index contributed by atoms with van der Waals surface area (Å²) in [6.07, 6.45) is 1.81. The van der Waals surface area contributed by atoms with Crippen LogP contribution in [0.2, 0.25) is 32.7 Å². The Morgan fingerprint density at radius 3 is 2.32 bits per heavy atom. The van der Waals surface area contributed by atoms with Crippen molar-refractivity contribution in [1.29, 1.82) is 0 Å². The van der Waals surface area contributed by atoms with E-state index in [9.17, 15) is 4.79 Å². The molecule has 0 radical (unpaired) electrons. The molecule has 0 bridgehead atoms. The van der Waals surface area contributed by atoms with Crippen LogP contribution in [0.25, 0.3) is 10.9 Å². The first-order valence-electron chi connectivity index (χ1n) is 7.50. The molecule has 0 aliphatic heterocycles. The standard InChI is InChI=1S/C17H24N2OSi2/c1-21(2,3)12-15(17(18)20)22(4,5)14-10-6-8-13-9-7-11-19-16(13)14/h6-12H,1-5H3,(H2,18,20)/b15-12+. The first kappa shape index (κ1) is 16.6. The van der Waals surface area contributed by atoms with Crippen molar-refractivity contribution in [2.24, 2.45) is 5.73 Å². The zero-order valence-corrected chi connectivity index (χ0v) is 16.0. The van der Waals surface area contributed by atoms with Crippen LogP contribution in [0.1, 0.15) is 0 Å². The van der Waals surface area contributed by atoms with Crippen LogP contribution < -0.4 is 10.9 Å². The number of amides is 1. The maximum atomic E-state index is 12.1. The van der Waals surface area contributed by atoms with Crippen LogP contribution in [0.4, 0.5) is 0 Å². The molecular weight excluding hydrogens is 304 g/mol. The van der Waals surface area contributed by atoms with E-state index < -0.39 is 16.1 Å². The molecule has 1 aromatic heterocycles. The van der Waals surface area contributed by atoms with Crippen molar-refractivity contribution in [3.63, 3.8) is 0 Å². The second kappa shape index (κ2) is 5.81. The predicted molar refractivity (Wildman–Crippen MR) is 99.5 cm³/mol. The molecule has 0 unspecified atom stereocenters. The van der Waals surface area contributed by atoms with E-state index in [0.29, 0.717) is 0 Å². The van der Waals surface area contributed by atoms with Crippen molar-refractivity contribution >= 4 is 38.1 Å². The molecular formula is C17H24N2OSi2. The number of benzene rings is 1. The van der Waals surface area contributed by atoms with Crippen LogP contribution in [0.5, 0.6) is 0 Å². The molecule has 1 amide bonds. The number of aromatic nitrogens is 1. The molecule has 0 saturated heterocycles. The number of carbonyl (C=O) groups excluding carboxylic acids is 1. The van der Waals surface area contributed by atoms with E-state index in [1.165, 1.54) is 5.19 Å². The van der Waals surface area contributed by atoms with E-state index in [1.54, 1.807) is 0 Å². The van der Waals surface area contributed by atoms with Crippen LogP contribution >= 0.6 is 0 Å². The highest BCUT2D eigenvalue weighted by Crippen LogP contribution is 2.22. The van der Waals surface area contributed by atoms with Gasteiger partial charge in [-0.2, -0.15) is 0 Å². The van der Waals surface area contributed by atoms with Gasteiger partial charge in [0.25, 0.3) is 0 Å². The third-order valence-corrected chi connectivity index (χ3v) is 8.75. The molecule has 2 aromatic rings. The predicted octanol–water partition coefficient (Wildman–Crippen LogP) is 2.98. The molecule has 2 rings (SSSR count). The summed E-state index contributed by atoms with van der Waals surface area (Å²) in [6.45, 7) is 11.0. The highest BCUT2D eigenvalue weighted by Gasteiger charge is 2.34. The summed E-state index contributed by atoms with van der Waals surface area (Å²) in [5.41, 5.74) is 8.90. The maximum absolute atomic E-state index is 12.1. The third kappa shape index (κ3) is 3.36. The van der Waals surface area contributed by atoms with Crippen molar-refractivity contribution in [3.8, 4) is 0 Å². The zero-order chi connectivity index (χ0) is 16.5. The van der Waals surface area contributed by atoms with E-state index in [2.05, 4.69) is 61.6 Å². The highest BCUT2D eigenvalue weighted by molar-refractivity contribution is 7.01. The number of rotatable bonds is 4. The smallest absolute Gasteiger partial charge is 0.240 e. The average Bonchev–Trinajstić information content (AvgIpc) is 2.43. The number of nitrogens with two attached hydrogens (primary N) is 1. The third-order valence-electron chi connectivity index (χ3n) is 3.82. The Bertz CT molecular complexity index is 740. The molecule has 0 atom stereocenters. The average molecular weight is 329 g/mol. The number of primary amides is 1. The van der Waals surface area contributed by atoms with Crippen LogP contribution in [0.3, 0.4) is 0 Å². The number of hydrogen-bond donors (Lipinski definition) is 1. The van der Waals surface area contributed by atoms with E-state index in [-0.39, 0.29) is 5.91 Å². The van der Waals surface area contributed by atoms with E-state index >= 15 is 0 Å². The van der Waals surface area contributed by atoms with E-state index in [0.717, 1.165) is 16.1 Å². The lowest BCUT2D eigenvalue weighted by atomic mass is 10.2. The Labute approximate surface area is 134 Å². The van der Waals surface area contributed by atoms with Gasteiger partial charge in [-0.25, -0.2) is 0 Å². The van der Waals surface area contributed by atoms with Crippen LogP contribution in [-0.4, -0.2) is 27.0 Å². The second-order valence-corrected chi connectivity index (χ2v) is 16.6. The Morgan fingerprint density at radius 1 is 1.09 bits per heavy atom. The molecule has 3 nitrogen and oxygen atoms in total. The lowest BCUT2D eigenvalue weighted by molar-refractivity contribution is -0.114. The molecule has 1 heterocycles. The lowest BCUT2D eigenvalue weighted by Gasteiger charge is -2.27. The van der Waals surface area contributed by atoms with Gasteiger partial charge in [0.15, 0.2) is 0 Å². The fourth-order valence-electron chi connectivity index (χ4n) is 2.75. The van der Waals surface area contributed by atoms with Gasteiger partial charge in [-0.1, -0.05) is 62.7 Å². The maximum Gasteiger partial charge on any atom is 0.240 e. The van der Waals surface area contributed by atoms with Gasteiger partial charge in [-0.15, -0.1) is 0 Å². The number of hydrogen-bond acceptors (Lipinski definition) is 2. The minimum Gasteiger partial charge on any atom is -0.366 e. The molecule has 0 aliphatic carbocycles. The van der Waals surface area contributed by atoms with Gasteiger partial charge in [-0.3, -0.25) is 9.78 Å². The zero-order valence-electron chi connectivity index (χ0n) is 14.0. The molecule has 0 saturated carbocycles. The van der Waals surface area contributed by atoms with Gasteiger partial charge >= 0.3 is 0 Å². The van der Waals surface area contributed by atoms with Gasteiger partial charge in [-0.05, 0) is 11.3 Å². The summed E-state index contributed by atoms with van der Waals surface area (Å²) in [7, 11) is -3.73. The van der Waals surface area contributed by atoms with Crippen LogP contribution in [0, 0.1) is 0 Å². The van der Waals surface area contributed by atoms with E-state index in [4.69, 9.17) is 5.73 Å². The Balaban J connectivity index is 2.70. The molecule has 5 heteroatoms.